The molecule has 4 N–H and O–H groups in total. The number of thiol groups is 2. The Morgan fingerprint density at radius 2 is 1.36 bits per heavy atom. The van der Waals surface area contributed by atoms with Crippen LogP contribution in [-0.2, 0) is 46.2 Å². The second kappa shape index (κ2) is 9.40. The van der Waals surface area contributed by atoms with E-state index in [4.69, 9.17) is 48.5 Å². The maximum Gasteiger partial charge on any atom is 0.388 e. The minimum atomic E-state index is -4.15. The predicted octanol–water partition coefficient (Wildman–Crippen LogP) is 1.40. The molecule has 248 valence electrons. The van der Waals surface area contributed by atoms with Gasteiger partial charge in [0, 0.05) is 6.42 Å². The Labute approximate surface area is 273 Å². The normalized spacial score (nSPS) is 45.4. The first-order chi connectivity index (χ1) is 22.4. The van der Waals surface area contributed by atoms with Crippen molar-refractivity contribution in [1.82, 2.24) is 39.0 Å². The van der Waals surface area contributed by atoms with Crippen molar-refractivity contribution in [3.63, 3.8) is 0 Å². The molecule has 5 aliphatic heterocycles. The van der Waals surface area contributed by atoms with Crippen LogP contribution in [0.1, 0.15) is 18.9 Å². The molecule has 2 spiro atoms. The molecule has 4 bridgehead atoms. The average molecular weight is 727 g/mol. The van der Waals surface area contributed by atoms with Crippen molar-refractivity contribution in [2.75, 3.05) is 31.3 Å². The van der Waals surface area contributed by atoms with Crippen molar-refractivity contribution in [1.29, 1.82) is 0 Å². The molecule has 20 nitrogen and oxygen atoms in total. The first-order valence-electron chi connectivity index (χ1n) is 14.3. The van der Waals surface area contributed by atoms with Crippen molar-refractivity contribution in [2.24, 2.45) is 5.92 Å². The van der Waals surface area contributed by atoms with E-state index in [0.717, 1.165) is 0 Å². The summed E-state index contributed by atoms with van der Waals surface area (Å²) in [7, 11) is 0. The van der Waals surface area contributed by atoms with Crippen LogP contribution in [-0.4, -0.2) is 94.2 Å². The van der Waals surface area contributed by atoms with E-state index < -0.39 is 67.3 Å². The van der Waals surface area contributed by atoms with Gasteiger partial charge in [-0.25, -0.2) is 39.0 Å². The minimum Gasteiger partial charge on any atom is -0.382 e. The van der Waals surface area contributed by atoms with Gasteiger partial charge in [-0.3, -0.25) is 27.2 Å². The van der Waals surface area contributed by atoms with Gasteiger partial charge in [-0.15, -0.1) is 0 Å². The molecule has 1 saturated carbocycles. The summed E-state index contributed by atoms with van der Waals surface area (Å²) < 4.78 is 80.2. The first-order valence-corrected chi connectivity index (χ1v) is 19.7. The fourth-order valence-corrected chi connectivity index (χ4v) is 10.9. The molecule has 1 aliphatic carbocycles. The Hall–Kier alpha value is -2.46. The third-order valence-electron chi connectivity index (χ3n) is 9.64. The fourth-order valence-electron chi connectivity index (χ4n) is 7.71. The summed E-state index contributed by atoms with van der Waals surface area (Å²) >= 11 is 8.63. The van der Waals surface area contributed by atoms with Crippen molar-refractivity contribution >= 4 is 72.1 Å². The van der Waals surface area contributed by atoms with E-state index in [1.165, 1.54) is 25.3 Å². The molecule has 5 saturated heterocycles. The molecule has 0 aromatic carbocycles. The maximum atomic E-state index is 13.9. The van der Waals surface area contributed by atoms with Gasteiger partial charge in [0.2, 0.25) is 0 Å². The molecule has 0 amide bonds. The number of imidazole rings is 2. The van der Waals surface area contributed by atoms with E-state index in [0.29, 0.717) is 22.3 Å². The zero-order chi connectivity index (χ0) is 32.1. The lowest BCUT2D eigenvalue weighted by Gasteiger charge is -2.64. The Bertz CT molecular complexity index is 2110. The molecule has 0 radical (unpaired) electrons. The van der Waals surface area contributed by atoms with Gasteiger partial charge in [0.25, 0.3) is 0 Å². The van der Waals surface area contributed by atoms with Crippen LogP contribution in [0.3, 0.4) is 0 Å². The van der Waals surface area contributed by atoms with Crippen molar-refractivity contribution in [3.8, 4) is 0 Å². The van der Waals surface area contributed by atoms with Gasteiger partial charge in [-0.1, -0.05) is 24.5 Å². The molecule has 6 aliphatic rings. The summed E-state index contributed by atoms with van der Waals surface area (Å²) in [6.07, 6.45) is 1.41. The molecule has 0 unspecified atom stereocenters. The molecule has 4 aromatic heterocycles. The largest absolute Gasteiger partial charge is 0.388 e. The fraction of sp³-hybridized carbons (Fsp3) is 0.565. The van der Waals surface area contributed by atoms with Gasteiger partial charge < -0.3 is 30.4 Å². The number of nitrogen functional groups attached to an aromatic ring is 2. The third-order valence-corrected chi connectivity index (χ3v) is 12.8. The van der Waals surface area contributed by atoms with Gasteiger partial charge >= 0.3 is 13.6 Å². The Balaban J connectivity index is 0.990. The maximum absolute atomic E-state index is 13.9. The summed E-state index contributed by atoms with van der Waals surface area (Å²) in [5, 5.41) is 0. The number of nitrogens with two attached hydrogens (primary N) is 2. The molecular formula is C23H24N10O10P2S2. The number of ether oxygens (including phenoxy) is 4. The molecule has 10 rings (SSSR count). The van der Waals surface area contributed by atoms with E-state index in [9.17, 15) is 9.13 Å². The van der Waals surface area contributed by atoms with Crippen LogP contribution in [0.5, 0.6) is 0 Å². The number of rotatable bonds is 2. The van der Waals surface area contributed by atoms with E-state index in [1.54, 1.807) is 9.13 Å². The average Bonchev–Trinajstić information content (AvgIpc) is 3.79. The highest BCUT2D eigenvalue weighted by Crippen LogP contribution is 2.75. The monoisotopic (exact) mass is 726 g/mol. The van der Waals surface area contributed by atoms with E-state index in [2.05, 4.69) is 54.4 Å². The zero-order valence-corrected chi connectivity index (χ0v) is 27.3. The van der Waals surface area contributed by atoms with E-state index in [-0.39, 0.29) is 37.9 Å². The van der Waals surface area contributed by atoms with Crippen molar-refractivity contribution in [2.45, 2.75) is 54.2 Å². The smallest absolute Gasteiger partial charge is 0.382 e. The predicted molar refractivity (Wildman–Crippen MR) is 162 cm³/mol. The van der Waals surface area contributed by atoms with Gasteiger partial charge in [-0.2, -0.15) is 0 Å². The third kappa shape index (κ3) is 3.97. The van der Waals surface area contributed by atoms with Gasteiger partial charge in [-0.05, 0) is 0 Å². The summed E-state index contributed by atoms with van der Waals surface area (Å²) in [6.45, 7) is -8.99. The van der Waals surface area contributed by atoms with Gasteiger partial charge in [0.05, 0.1) is 38.4 Å². The number of hydrogen-bond donors (Lipinski definition) is 4. The van der Waals surface area contributed by atoms with Crippen LogP contribution in [0.25, 0.3) is 22.3 Å². The second-order valence-electron chi connectivity index (χ2n) is 12.2. The lowest BCUT2D eigenvalue weighted by atomic mass is 9.59. The lowest BCUT2D eigenvalue weighted by Crippen LogP contribution is -2.77. The molecule has 9 heterocycles. The molecule has 6 fully saturated rings. The van der Waals surface area contributed by atoms with Crippen LogP contribution < -0.4 is 11.5 Å². The highest BCUT2D eigenvalue weighted by Gasteiger charge is 2.84. The van der Waals surface area contributed by atoms with Crippen LogP contribution in [0.15, 0.2) is 25.3 Å². The quantitative estimate of drug-likeness (QED) is 0.168. The lowest BCUT2D eigenvalue weighted by molar-refractivity contribution is -0.421. The summed E-state index contributed by atoms with van der Waals surface area (Å²) in [5.74, 6) is -1.55. The Morgan fingerprint density at radius 1 is 0.766 bits per heavy atom. The van der Waals surface area contributed by atoms with Crippen LogP contribution >= 0.6 is 38.1 Å². The van der Waals surface area contributed by atoms with Crippen LogP contribution in [0.2, 0.25) is 0 Å². The molecule has 47 heavy (non-hydrogen) atoms. The standard InChI is InChI=1S/C23H24N10O10P2S2/c24-15-9-17(28-5-26-15)32(7-30-9)19-11-13-21(40-19)1-23(13,39-11)43-45(35,47)38-4-22-2-36-12(14(22)42-44(34,46)37-3-21)20(41-22)33-8-31-10-16(25)27-6-29-18(10)33/h5-8,11-14,19-20H,1-4H2,(H,34,46)(H,35,47)(H2,24,26,28)(H2,25,27,29)/t11-,12-,13+,14+,19-,20-,21-,22-,23-,44-,45+/m1/s1. The van der Waals surface area contributed by atoms with Gasteiger partial charge in [0.1, 0.15) is 53.2 Å². The molecule has 4 aromatic rings. The molecule has 24 heteroatoms. The number of fused-ring (bicyclic) bond motifs is 2. The number of hydrogen-bond acceptors (Lipinski definition) is 18. The highest BCUT2D eigenvalue weighted by atomic mass is 32.7. The van der Waals surface area contributed by atoms with E-state index >= 15 is 0 Å². The van der Waals surface area contributed by atoms with E-state index in [1.807, 2.05) is 0 Å². The van der Waals surface area contributed by atoms with Crippen LogP contribution in [0, 0.1) is 5.92 Å². The first kappa shape index (κ1) is 29.5. The SMILES string of the molecule is Nc1ncnc2c1ncn2[C@@H]1O[C@@]23CO[C@@H]1[C@@H]2O[P@](=O)(S)OC[C@@]12C[C@@]4(O[C@@H]([C@H](n5cnc6c(N)ncnc65)O1)[C@@H]24)O[P@@](=O)(S)OC3. The van der Waals surface area contributed by atoms with Crippen molar-refractivity contribution in [3.05, 3.63) is 25.3 Å². The topological polar surface area (TPSA) is 247 Å². The molecular weight excluding hydrogens is 702 g/mol. The Morgan fingerprint density at radius 3 is 2.04 bits per heavy atom. The zero-order valence-electron chi connectivity index (χ0n) is 23.7. The number of aromatic nitrogens is 8. The van der Waals surface area contributed by atoms with Gasteiger partial charge in [0.15, 0.2) is 41.2 Å². The Kier molecular flexibility index (Phi) is 5.89. The molecule has 11 atom stereocenters. The second-order valence-corrected chi connectivity index (χ2v) is 18.0. The number of anilines is 2. The highest BCUT2D eigenvalue weighted by molar-refractivity contribution is 8.44. The summed E-state index contributed by atoms with van der Waals surface area (Å²) in [6, 6.07) is 0. The number of nitrogens with zero attached hydrogens (tertiary/aromatic N) is 8. The summed E-state index contributed by atoms with van der Waals surface area (Å²) in [4.78, 5) is 25.2. The minimum absolute atomic E-state index is 0.0562. The van der Waals surface area contributed by atoms with Crippen molar-refractivity contribution < 1.29 is 46.2 Å². The summed E-state index contributed by atoms with van der Waals surface area (Å²) in [5.41, 5.74) is 10.9. The van der Waals surface area contributed by atoms with Crippen LogP contribution in [0.4, 0.5) is 11.6 Å².